The molecular formula is C16H32O3. The number of hydrogen-bond donors (Lipinski definition) is 0. The lowest BCUT2D eigenvalue weighted by molar-refractivity contribution is -0.125. The number of carbonyl (C=O) groups is 3. The molecule has 0 amide bonds. The molecule has 2 saturated carbocycles. The Labute approximate surface area is 119 Å². The van der Waals surface area contributed by atoms with Crippen LogP contribution in [-0.4, -0.2) is 17.3 Å². The molecule has 0 aromatic carbocycles. The summed E-state index contributed by atoms with van der Waals surface area (Å²) in [6.45, 7) is 17.1. The molecule has 3 nitrogen and oxygen atoms in total. The average molecular weight is 272 g/mol. The van der Waals surface area contributed by atoms with E-state index in [1.54, 1.807) is 6.92 Å². The van der Waals surface area contributed by atoms with Crippen LogP contribution in [0, 0.1) is 11.3 Å². The Bertz CT molecular complexity index is 282. The van der Waals surface area contributed by atoms with Gasteiger partial charge in [-0.25, -0.2) is 0 Å². The summed E-state index contributed by atoms with van der Waals surface area (Å²) in [5.74, 6) is 0.924. The third kappa shape index (κ3) is 9.57. The zero-order valence-corrected chi connectivity index (χ0v) is 14.2. The number of hydrogen-bond acceptors (Lipinski definition) is 3. The molecular weight excluding hydrogens is 240 g/mol. The minimum Gasteiger partial charge on any atom is -0.299 e. The molecule has 0 aromatic rings. The quantitative estimate of drug-likeness (QED) is 0.671. The van der Waals surface area contributed by atoms with Crippen molar-refractivity contribution in [3.8, 4) is 0 Å². The van der Waals surface area contributed by atoms with Crippen LogP contribution < -0.4 is 0 Å². The second-order valence-electron chi connectivity index (χ2n) is 4.06. The molecule has 0 bridgehead atoms. The van der Waals surface area contributed by atoms with Gasteiger partial charge in [-0.15, -0.1) is 0 Å². The van der Waals surface area contributed by atoms with Crippen molar-refractivity contribution in [2.45, 2.75) is 75.2 Å². The van der Waals surface area contributed by atoms with Gasteiger partial charge < -0.3 is 0 Å². The summed E-state index contributed by atoms with van der Waals surface area (Å²) < 4.78 is 0. The maximum atomic E-state index is 10.5. The highest BCUT2D eigenvalue weighted by Gasteiger charge is 2.53. The molecule has 2 fully saturated rings. The van der Waals surface area contributed by atoms with Crippen LogP contribution in [0.15, 0.2) is 0 Å². The van der Waals surface area contributed by atoms with Crippen LogP contribution in [0.4, 0.5) is 0 Å². The summed E-state index contributed by atoms with van der Waals surface area (Å²) in [5.41, 5.74) is -0.569. The second-order valence-corrected chi connectivity index (χ2v) is 4.06. The first kappa shape index (κ1) is 23.1. The van der Waals surface area contributed by atoms with Gasteiger partial charge in [-0.1, -0.05) is 48.5 Å². The first-order valence-electron chi connectivity index (χ1n) is 7.45. The van der Waals surface area contributed by atoms with Gasteiger partial charge in [-0.2, -0.15) is 0 Å². The highest BCUT2D eigenvalue weighted by molar-refractivity contribution is 6.18. The minimum atomic E-state index is -0.569. The summed E-state index contributed by atoms with van der Waals surface area (Å²) in [6, 6.07) is 0. The van der Waals surface area contributed by atoms with Crippen molar-refractivity contribution in [3.63, 3.8) is 0 Å². The minimum absolute atomic E-state index is 0.00231. The third-order valence-corrected chi connectivity index (χ3v) is 2.68. The van der Waals surface area contributed by atoms with E-state index in [9.17, 15) is 14.4 Å². The predicted octanol–water partition coefficient (Wildman–Crippen LogP) is 4.23. The lowest BCUT2D eigenvalue weighted by Gasteiger charge is -1.93. The predicted molar refractivity (Wildman–Crippen MR) is 81.2 cm³/mol. The standard InChI is InChI=1S/C6H8O2.C4H6O.3C2H6/c1-4(7)6(2)3-5(6)8;1-3-2-4(3)5;3*1-2/h3H2,1-2H3;3H,2H2,1H3;3*1-2H3. The number of carbonyl (C=O) groups excluding carboxylic acids is 3. The molecule has 0 heterocycles. The smallest absolute Gasteiger partial charge is 0.148 e. The molecule has 0 spiro atoms. The maximum Gasteiger partial charge on any atom is 0.148 e. The molecule has 0 saturated heterocycles. The monoisotopic (exact) mass is 272 g/mol. The van der Waals surface area contributed by atoms with E-state index in [-0.39, 0.29) is 11.6 Å². The molecule has 114 valence electrons. The van der Waals surface area contributed by atoms with Gasteiger partial charge in [0.25, 0.3) is 0 Å². The summed E-state index contributed by atoms with van der Waals surface area (Å²) in [4.78, 5) is 30.8. The lowest BCUT2D eigenvalue weighted by Crippen LogP contribution is -2.08. The average Bonchev–Trinajstić information content (AvgIpc) is 3.28. The van der Waals surface area contributed by atoms with Crippen LogP contribution in [0.5, 0.6) is 0 Å². The summed E-state index contributed by atoms with van der Waals surface area (Å²) in [6.07, 6.45) is 1.29. The van der Waals surface area contributed by atoms with Crippen LogP contribution in [-0.2, 0) is 14.4 Å². The molecule has 2 rings (SSSR count). The topological polar surface area (TPSA) is 51.2 Å². The molecule has 2 aliphatic carbocycles. The number of Topliss-reactive ketones (excluding diaryl/α,β-unsaturated/α-hetero) is 3. The van der Waals surface area contributed by atoms with Crippen LogP contribution in [0.2, 0.25) is 0 Å². The van der Waals surface area contributed by atoms with Crippen molar-refractivity contribution >= 4 is 17.3 Å². The Morgan fingerprint density at radius 1 is 1.05 bits per heavy atom. The van der Waals surface area contributed by atoms with Crippen molar-refractivity contribution in [1.29, 1.82) is 0 Å². The van der Waals surface area contributed by atoms with E-state index in [4.69, 9.17) is 0 Å². The SMILES string of the molecule is CC.CC.CC.CC(=O)C1(C)CC1=O.CC1CC1=O. The first-order valence-corrected chi connectivity index (χ1v) is 7.45. The zero-order chi connectivity index (χ0) is 16.2. The summed E-state index contributed by atoms with van der Waals surface area (Å²) in [5, 5.41) is 0. The fraction of sp³-hybridized carbons (Fsp3) is 0.812. The van der Waals surface area contributed by atoms with E-state index in [0.717, 1.165) is 6.42 Å². The highest BCUT2D eigenvalue weighted by atomic mass is 16.2. The van der Waals surface area contributed by atoms with E-state index in [1.165, 1.54) is 6.92 Å². The Hall–Kier alpha value is -0.990. The van der Waals surface area contributed by atoms with Gasteiger partial charge in [-0.05, 0) is 13.8 Å². The number of ketones is 3. The van der Waals surface area contributed by atoms with E-state index in [0.29, 0.717) is 18.1 Å². The third-order valence-electron chi connectivity index (χ3n) is 2.68. The molecule has 0 aromatic heterocycles. The zero-order valence-electron chi connectivity index (χ0n) is 14.2. The first-order chi connectivity index (χ1) is 8.88. The van der Waals surface area contributed by atoms with Crippen LogP contribution >= 0.6 is 0 Å². The van der Waals surface area contributed by atoms with Gasteiger partial charge in [0.2, 0.25) is 0 Å². The van der Waals surface area contributed by atoms with Crippen LogP contribution in [0.3, 0.4) is 0 Å². The molecule has 0 aliphatic heterocycles. The molecule has 0 radical (unpaired) electrons. The van der Waals surface area contributed by atoms with E-state index in [2.05, 4.69) is 0 Å². The molecule has 2 unspecified atom stereocenters. The van der Waals surface area contributed by atoms with Crippen molar-refractivity contribution < 1.29 is 14.4 Å². The van der Waals surface area contributed by atoms with Crippen LogP contribution in [0.1, 0.15) is 75.2 Å². The second kappa shape index (κ2) is 12.1. The Kier molecular flexibility index (Phi) is 14.7. The largest absolute Gasteiger partial charge is 0.299 e. The fourth-order valence-electron chi connectivity index (χ4n) is 0.841. The van der Waals surface area contributed by atoms with Gasteiger partial charge in [0.05, 0.1) is 5.41 Å². The summed E-state index contributed by atoms with van der Waals surface area (Å²) >= 11 is 0. The van der Waals surface area contributed by atoms with Crippen molar-refractivity contribution in [2.24, 2.45) is 11.3 Å². The van der Waals surface area contributed by atoms with Crippen molar-refractivity contribution in [3.05, 3.63) is 0 Å². The Morgan fingerprint density at radius 2 is 1.26 bits per heavy atom. The van der Waals surface area contributed by atoms with Gasteiger partial charge in [0.1, 0.15) is 17.3 Å². The Morgan fingerprint density at radius 3 is 1.26 bits per heavy atom. The number of rotatable bonds is 1. The normalized spacial score (nSPS) is 24.8. The van der Waals surface area contributed by atoms with Crippen molar-refractivity contribution in [2.75, 3.05) is 0 Å². The molecule has 2 atom stereocenters. The molecule has 2 aliphatic rings. The van der Waals surface area contributed by atoms with Gasteiger partial charge in [0.15, 0.2) is 0 Å². The molecule has 0 N–H and O–H groups in total. The van der Waals surface area contributed by atoms with Gasteiger partial charge >= 0.3 is 0 Å². The molecule has 19 heavy (non-hydrogen) atoms. The lowest BCUT2D eigenvalue weighted by atomic mass is 10.1. The van der Waals surface area contributed by atoms with E-state index < -0.39 is 5.41 Å². The summed E-state index contributed by atoms with van der Waals surface area (Å²) in [7, 11) is 0. The Balaban J connectivity index is -0.000000202. The van der Waals surface area contributed by atoms with Gasteiger partial charge in [0, 0.05) is 18.8 Å². The maximum absolute atomic E-state index is 10.5. The molecule has 3 heteroatoms. The van der Waals surface area contributed by atoms with E-state index >= 15 is 0 Å². The van der Waals surface area contributed by atoms with Crippen LogP contribution in [0.25, 0.3) is 0 Å². The fourth-order valence-corrected chi connectivity index (χ4v) is 0.841. The highest BCUT2D eigenvalue weighted by Crippen LogP contribution is 2.40. The van der Waals surface area contributed by atoms with Gasteiger partial charge in [-0.3, -0.25) is 14.4 Å². The van der Waals surface area contributed by atoms with E-state index in [1.807, 2.05) is 48.5 Å². The van der Waals surface area contributed by atoms with Crippen molar-refractivity contribution in [1.82, 2.24) is 0 Å².